The lowest BCUT2D eigenvalue weighted by Crippen LogP contribution is -1.93. The lowest BCUT2D eigenvalue weighted by Gasteiger charge is -2.05. The van der Waals surface area contributed by atoms with E-state index in [1.54, 1.807) is 12.1 Å². The van der Waals surface area contributed by atoms with Gasteiger partial charge >= 0.3 is 0 Å². The number of hydrogen-bond acceptors (Lipinski definition) is 3. The van der Waals surface area contributed by atoms with Crippen molar-refractivity contribution in [3.63, 3.8) is 0 Å². The van der Waals surface area contributed by atoms with E-state index in [1.165, 1.54) is 35.6 Å². The normalized spacial score (nSPS) is 10.9. The van der Waals surface area contributed by atoms with Crippen LogP contribution in [0.2, 0.25) is 5.02 Å². The van der Waals surface area contributed by atoms with Crippen molar-refractivity contribution in [2.45, 2.75) is 0 Å². The van der Waals surface area contributed by atoms with Gasteiger partial charge in [-0.1, -0.05) is 29.0 Å². The third-order valence-electron chi connectivity index (χ3n) is 2.55. The zero-order valence-corrected chi connectivity index (χ0v) is 11.0. The summed E-state index contributed by atoms with van der Waals surface area (Å²) < 4.78 is 27.4. The van der Waals surface area contributed by atoms with Gasteiger partial charge in [-0.25, -0.2) is 13.8 Å². The van der Waals surface area contributed by atoms with Crippen LogP contribution in [0.1, 0.15) is 0 Å². The first-order valence-electron chi connectivity index (χ1n) is 5.40. The first kappa shape index (κ1) is 12.3. The second-order valence-corrected chi connectivity index (χ2v) is 5.29. The SMILES string of the molecule is Fc1ccc2nc(Nc3c(F)cccc3Cl)sc2c1. The molecule has 0 radical (unpaired) electrons. The lowest BCUT2D eigenvalue weighted by atomic mass is 10.3. The third-order valence-corrected chi connectivity index (χ3v) is 3.79. The van der Waals surface area contributed by atoms with Crippen LogP contribution in [0.25, 0.3) is 10.2 Å². The van der Waals surface area contributed by atoms with E-state index < -0.39 is 5.82 Å². The molecule has 0 saturated carbocycles. The number of nitrogens with one attached hydrogen (secondary N) is 1. The minimum absolute atomic E-state index is 0.170. The number of para-hydroxylation sites is 1. The maximum atomic E-state index is 13.6. The largest absolute Gasteiger partial charge is 0.328 e. The number of hydrogen-bond donors (Lipinski definition) is 1. The summed E-state index contributed by atoms with van der Waals surface area (Å²) in [6.07, 6.45) is 0. The van der Waals surface area contributed by atoms with Gasteiger partial charge in [0.05, 0.1) is 20.9 Å². The summed E-state index contributed by atoms with van der Waals surface area (Å²) in [6, 6.07) is 8.72. The molecule has 19 heavy (non-hydrogen) atoms. The molecule has 96 valence electrons. The summed E-state index contributed by atoms with van der Waals surface area (Å²) in [6.45, 7) is 0. The number of benzene rings is 2. The van der Waals surface area contributed by atoms with Crippen LogP contribution in [0.15, 0.2) is 36.4 Å². The Morgan fingerprint density at radius 3 is 2.79 bits per heavy atom. The monoisotopic (exact) mass is 296 g/mol. The van der Waals surface area contributed by atoms with E-state index in [-0.39, 0.29) is 16.5 Å². The Kier molecular flexibility index (Phi) is 3.08. The van der Waals surface area contributed by atoms with Gasteiger partial charge in [-0.05, 0) is 30.3 Å². The van der Waals surface area contributed by atoms with Gasteiger partial charge in [0.2, 0.25) is 0 Å². The van der Waals surface area contributed by atoms with Crippen LogP contribution >= 0.6 is 22.9 Å². The predicted molar refractivity (Wildman–Crippen MR) is 74.3 cm³/mol. The summed E-state index contributed by atoms with van der Waals surface area (Å²) >= 11 is 7.15. The average Bonchev–Trinajstić information content (AvgIpc) is 2.75. The highest BCUT2D eigenvalue weighted by atomic mass is 35.5. The van der Waals surface area contributed by atoms with Gasteiger partial charge in [0, 0.05) is 0 Å². The van der Waals surface area contributed by atoms with E-state index >= 15 is 0 Å². The molecule has 1 aromatic heterocycles. The molecule has 0 atom stereocenters. The van der Waals surface area contributed by atoms with Gasteiger partial charge in [-0.15, -0.1) is 0 Å². The summed E-state index contributed by atoms with van der Waals surface area (Å²) in [4.78, 5) is 4.25. The zero-order chi connectivity index (χ0) is 13.4. The second-order valence-electron chi connectivity index (χ2n) is 3.85. The van der Waals surface area contributed by atoms with Crippen molar-refractivity contribution in [2.75, 3.05) is 5.32 Å². The first-order valence-corrected chi connectivity index (χ1v) is 6.60. The molecular weight excluding hydrogens is 290 g/mol. The summed E-state index contributed by atoms with van der Waals surface area (Å²) in [7, 11) is 0. The van der Waals surface area contributed by atoms with Crippen molar-refractivity contribution in [3.8, 4) is 0 Å². The van der Waals surface area contributed by atoms with Crippen LogP contribution < -0.4 is 5.32 Å². The molecule has 2 aromatic carbocycles. The fourth-order valence-corrected chi connectivity index (χ4v) is 2.78. The molecule has 2 nitrogen and oxygen atoms in total. The van der Waals surface area contributed by atoms with Crippen LogP contribution in [0.3, 0.4) is 0 Å². The topological polar surface area (TPSA) is 24.9 Å². The predicted octanol–water partition coefficient (Wildman–Crippen LogP) is 4.97. The Morgan fingerprint density at radius 2 is 2.00 bits per heavy atom. The van der Waals surface area contributed by atoms with Crippen LogP contribution in [-0.4, -0.2) is 4.98 Å². The summed E-state index contributed by atoms with van der Waals surface area (Å²) in [5.74, 6) is -0.787. The number of aromatic nitrogens is 1. The van der Waals surface area contributed by atoms with Crippen molar-refractivity contribution >= 4 is 44.0 Å². The molecule has 3 aromatic rings. The van der Waals surface area contributed by atoms with Crippen molar-refractivity contribution in [1.82, 2.24) is 4.98 Å². The van der Waals surface area contributed by atoms with Crippen molar-refractivity contribution in [1.29, 1.82) is 0 Å². The second kappa shape index (κ2) is 4.75. The molecule has 0 spiro atoms. The maximum absolute atomic E-state index is 13.6. The molecule has 0 saturated heterocycles. The van der Waals surface area contributed by atoms with Gasteiger partial charge in [-0.2, -0.15) is 0 Å². The minimum atomic E-state index is -0.460. The molecule has 1 N–H and O–H groups in total. The number of fused-ring (bicyclic) bond motifs is 1. The number of anilines is 2. The van der Waals surface area contributed by atoms with E-state index in [2.05, 4.69) is 10.3 Å². The highest BCUT2D eigenvalue weighted by molar-refractivity contribution is 7.22. The summed E-state index contributed by atoms with van der Waals surface area (Å²) in [5.41, 5.74) is 0.824. The van der Waals surface area contributed by atoms with Gasteiger partial charge < -0.3 is 5.32 Å². The van der Waals surface area contributed by atoms with Crippen LogP contribution in [0, 0.1) is 11.6 Å². The molecule has 3 rings (SSSR count). The Hall–Kier alpha value is -1.72. The molecule has 6 heteroatoms. The Morgan fingerprint density at radius 1 is 1.16 bits per heavy atom. The summed E-state index contributed by atoms with van der Waals surface area (Å²) in [5, 5.41) is 3.56. The van der Waals surface area contributed by atoms with E-state index in [0.29, 0.717) is 15.3 Å². The molecular formula is C13H7ClF2N2S. The minimum Gasteiger partial charge on any atom is -0.328 e. The van der Waals surface area contributed by atoms with E-state index in [1.807, 2.05) is 0 Å². The smallest absolute Gasteiger partial charge is 0.188 e. The molecule has 0 aliphatic carbocycles. The molecule has 0 amide bonds. The Balaban J connectivity index is 2.01. The van der Waals surface area contributed by atoms with Gasteiger partial charge in [0.1, 0.15) is 11.6 Å². The first-order chi connectivity index (χ1) is 9.13. The van der Waals surface area contributed by atoms with E-state index in [0.717, 1.165) is 0 Å². The fourth-order valence-electron chi connectivity index (χ4n) is 1.68. The Bertz CT molecular complexity index is 737. The van der Waals surface area contributed by atoms with Gasteiger partial charge in [0.25, 0.3) is 0 Å². The molecule has 0 fully saturated rings. The van der Waals surface area contributed by atoms with Gasteiger partial charge in [0.15, 0.2) is 5.13 Å². The van der Waals surface area contributed by atoms with E-state index in [9.17, 15) is 8.78 Å². The number of thiazole rings is 1. The molecule has 1 heterocycles. The zero-order valence-electron chi connectivity index (χ0n) is 9.45. The van der Waals surface area contributed by atoms with Crippen molar-refractivity contribution < 1.29 is 8.78 Å². The highest BCUT2D eigenvalue weighted by Crippen LogP contribution is 2.32. The maximum Gasteiger partial charge on any atom is 0.188 e. The molecule has 0 unspecified atom stereocenters. The fraction of sp³-hybridized carbons (Fsp3) is 0. The number of nitrogens with zero attached hydrogens (tertiary/aromatic N) is 1. The van der Waals surface area contributed by atoms with Crippen LogP contribution in [-0.2, 0) is 0 Å². The van der Waals surface area contributed by atoms with Crippen LogP contribution in [0.4, 0.5) is 19.6 Å². The van der Waals surface area contributed by atoms with Crippen molar-refractivity contribution in [3.05, 3.63) is 53.1 Å². The number of halogens is 3. The lowest BCUT2D eigenvalue weighted by molar-refractivity contribution is 0.630. The average molecular weight is 297 g/mol. The number of rotatable bonds is 2. The van der Waals surface area contributed by atoms with E-state index in [4.69, 9.17) is 11.6 Å². The molecule has 0 aliphatic heterocycles. The highest BCUT2D eigenvalue weighted by Gasteiger charge is 2.10. The standard InChI is InChI=1S/C13H7ClF2N2S/c14-8-2-1-3-9(16)12(8)18-13-17-10-5-4-7(15)6-11(10)19-13/h1-6H,(H,17,18). The Labute approximate surface area is 116 Å². The quantitative estimate of drug-likeness (QED) is 0.722. The van der Waals surface area contributed by atoms with Crippen LogP contribution in [0.5, 0.6) is 0 Å². The third kappa shape index (κ3) is 2.39. The molecule has 0 aliphatic rings. The van der Waals surface area contributed by atoms with Crippen molar-refractivity contribution in [2.24, 2.45) is 0 Å². The van der Waals surface area contributed by atoms with Gasteiger partial charge in [-0.3, -0.25) is 0 Å². The molecule has 0 bridgehead atoms.